The molecule has 2 heteroatoms. The predicted molar refractivity (Wildman–Crippen MR) is 82.1 cm³/mol. The van der Waals surface area contributed by atoms with Crippen molar-refractivity contribution in [2.24, 2.45) is 0 Å². The number of fused-ring (bicyclic) bond motifs is 1. The Labute approximate surface area is 120 Å². The minimum atomic E-state index is 0.697. The Balaban J connectivity index is 1.75. The molecule has 4 rings (SSSR count). The molecule has 0 aliphatic heterocycles. The molecular weight excluding hydrogens is 244 g/mol. The lowest BCUT2D eigenvalue weighted by Gasteiger charge is -2.13. The van der Waals surface area contributed by atoms with Crippen molar-refractivity contribution in [3.63, 3.8) is 0 Å². The van der Waals surface area contributed by atoms with Crippen LogP contribution in [0.25, 0.3) is 11.8 Å². The van der Waals surface area contributed by atoms with Crippen LogP contribution in [0.2, 0.25) is 0 Å². The number of aromatic nitrogens is 2. The average Bonchev–Trinajstić information content (AvgIpc) is 3.16. The third kappa shape index (κ3) is 1.91. The van der Waals surface area contributed by atoms with Crippen molar-refractivity contribution < 1.29 is 0 Å². The zero-order valence-corrected chi connectivity index (χ0v) is 12.0. The number of rotatable bonds is 2. The van der Waals surface area contributed by atoms with E-state index in [2.05, 4.69) is 47.0 Å². The molecule has 2 nitrogen and oxygen atoms in total. The highest BCUT2D eigenvalue weighted by molar-refractivity contribution is 5.65. The molecule has 2 aromatic rings. The van der Waals surface area contributed by atoms with Crippen LogP contribution in [0.15, 0.2) is 36.0 Å². The molecule has 1 saturated carbocycles. The van der Waals surface area contributed by atoms with Gasteiger partial charge < -0.3 is 0 Å². The standard InChI is InChI=1S/C18H20N2/c1-13-10-15-6-7-17(12-16(15)11-13)20-18(8-9-19-20)14-4-2-3-5-14/h6-9,11-12,14H,2-5,10H2,1H3. The molecule has 0 atom stereocenters. The van der Waals surface area contributed by atoms with Gasteiger partial charge in [-0.05, 0) is 55.5 Å². The molecule has 1 aromatic heterocycles. The van der Waals surface area contributed by atoms with Crippen molar-refractivity contribution in [2.45, 2.75) is 44.9 Å². The second kappa shape index (κ2) is 4.62. The zero-order valence-electron chi connectivity index (χ0n) is 12.0. The highest BCUT2D eigenvalue weighted by Gasteiger charge is 2.21. The molecule has 1 heterocycles. The lowest BCUT2D eigenvalue weighted by molar-refractivity contribution is 0.655. The Morgan fingerprint density at radius 1 is 1.15 bits per heavy atom. The third-order valence-corrected chi connectivity index (χ3v) is 4.69. The van der Waals surface area contributed by atoms with Crippen LogP contribution in [0.4, 0.5) is 0 Å². The second-order valence-electron chi connectivity index (χ2n) is 6.20. The van der Waals surface area contributed by atoms with Gasteiger partial charge in [0.1, 0.15) is 0 Å². The summed E-state index contributed by atoms with van der Waals surface area (Å²) in [6.07, 6.45) is 10.7. The lowest BCUT2D eigenvalue weighted by Crippen LogP contribution is -2.05. The summed E-state index contributed by atoms with van der Waals surface area (Å²) < 4.78 is 2.15. The van der Waals surface area contributed by atoms with Crippen molar-refractivity contribution in [3.05, 3.63) is 52.9 Å². The lowest BCUT2D eigenvalue weighted by atomic mass is 10.0. The SMILES string of the molecule is CC1=Cc2cc(-n3nccc3C3CCCC3)ccc2C1. The molecule has 0 spiro atoms. The van der Waals surface area contributed by atoms with Crippen molar-refractivity contribution >= 4 is 6.08 Å². The van der Waals surface area contributed by atoms with Gasteiger partial charge in [0.2, 0.25) is 0 Å². The number of benzene rings is 1. The summed E-state index contributed by atoms with van der Waals surface area (Å²) in [4.78, 5) is 0. The molecule has 0 unspecified atom stereocenters. The summed E-state index contributed by atoms with van der Waals surface area (Å²) in [6, 6.07) is 8.97. The van der Waals surface area contributed by atoms with Crippen molar-refractivity contribution in [3.8, 4) is 5.69 Å². The van der Waals surface area contributed by atoms with Crippen molar-refractivity contribution in [2.75, 3.05) is 0 Å². The van der Waals surface area contributed by atoms with Crippen LogP contribution in [-0.2, 0) is 6.42 Å². The molecule has 1 fully saturated rings. The fraction of sp³-hybridized carbons (Fsp3) is 0.389. The van der Waals surface area contributed by atoms with Crippen LogP contribution in [-0.4, -0.2) is 9.78 Å². The Bertz CT molecular complexity index is 672. The van der Waals surface area contributed by atoms with Gasteiger partial charge in [0.25, 0.3) is 0 Å². The van der Waals surface area contributed by atoms with E-state index in [9.17, 15) is 0 Å². The summed E-state index contributed by atoms with van der Waals surface area (Å²) in [5, 5.41) is 4.57. The van der Waals surface area contributed by atoms with E-state index in [-0.39, 0.29) is 0 Å². The van der Waals surface area contributed by atoms with E-state index in [1.54, 1.807) is 0 Å². The van der Waals surface area contributed by atoms with Gasteiger partial charge in [-0.2, -0.15) is 5.10 Å². The maximum atomic E-state index is 4.57. The molecule has 20 heavy (non-hydrogen) atoms. The molecule has 0 bridgehead atoms. The highest BCUT2D eigenvalue weighted by atomic mass is 15.3. The first-order chi connectivity index (χ1) is 9.81. The minimum Gasteiger partial charge on any atom is -0.238 e. The summed E-state index contributed by atoms with van der Waals surface area (Å²) in [5.41, 5.74) is 6.87. The van der Waals surface area contributed by atoms with Crippen LogP contribution in [0.5, 0.6) is 0 Å². The van der Waals surface area contributed by atoms with Gasteiger partial charge >= 0.3 is 0 Å². The number of hydrogen-bond donors (Lipinski definition) is 0. The minimum absolute atomic E-state index is 0.697. The van der Waals surface area contributed by atoms with Gasteiger partial charge in [0.05, 0.1) is 5.69 Å². The van der Waals surface area contributed by atoms with E-state index < -0.39 is 0 Å². The summed E-state index contributed by atoms with van der Waals surface area (Å²) in [5.74, 6) is 0.697. The summed E-state index contributed by atoms with van der Waals surface area (Å²) in [6.45, 7) is 2.21. The van der Waals surface area contributed by atoms with E-state index in [0.29, 0.717) is 5.92 Å². The Morgan fingerprint density at radius 2 is 2.00 bits per heavy atom. The first kappa shape index (κ1) is 12.0. The smallest absolute Gasteiger partial charge is 0.0655 e. The fourth-order valence-corrected chi connectivity index (χ4v) is 3.69. The molecule has 2 aliphatic carbocycles. The van der Waals surface area contributed by atoms with Gasteiger partial charge in [0.15, 0.2) is 0 Å². The van der Waals surface area contributed by atoms with Crippen LogP contribution in [0.1, 0.15) is 55.3 Å². The largest absolute Gasteiger partial charge is 0.238 e. The molecule has 0 saturated heterocycles. The normalized spacial score (nSPS) is 18.4. The monoisotopic (exact) mass is 264 g/mol. The van der Waals surface area contributed by atoms with Gasteiger partial charge in [-0.1, -0.05) is 30.6 Å². The van der Waals surface area contributed by atoms with Gasteiger partial charge in [0, 0.05) is 17.8 Å². The molecule has 0 amide bonds. The number of allylic oxidation sites excluding steroid dienone is 1. The summed E-state index contributed by atoms with van der Waals surface area (Å²) >= 11 is 0. The fourth-order valence-electron chi connectivity index (χ4n) is 3.69. The van der Waals surface area contributed by atoms with Crippen molar-refractivity contribution in [1.82, 2.24) is 9.78 Å². The topological polar surface area (TPSA) is 17.8 Å². The Hall–Kier alpha value is -1.83. The quantitative estimate of drug-likeness (QED) is 0.781. The van der Waals surface area contributed by atoms with Crippen LogP contribution in [0.3, 0.4) is 0 Å². The third-order valence-electron chi connectivity index (χ3n) is 4.69. The first-order valence-electron chi connectivity index (χ1n) is 7.66. The van der Waals surface area contributed by atoms with E-state index in [1.165, 1.54) is 53.8 Å². The maximum Gasteiger partial charge on any atom is 0.0655 e. The van der Waals surface area contributed by atoms with E-state index in [4.69, 9.17) is 0 Å². The number of nitrogens with zero attached hydrogens (tertiary/aromatic N) is 2. The van der Waals surface area contributed by atoms with Crippen LogP contribution >= 0.6 is 0 Å². The van der Waals surface area contributed by atoms with E-state index in [0.717, 1.165) is 6.42 Å². The van der Waals surface area contributed by atoms with E-state index in [1.807, 2.05) is 6.20 Å². The first-order valence-corrected chi connectivity index (χ1v) is 7.66. The predicted octanol–water partition coefficient (Wildman–Crippen LogP) is 4.49. The average molecular weight is 264 g/mol. The highest BCUT2D eigenvalue weighted by Crippen LogP contribution is 2.35. The molecule has 1 aromatic carbocycles. The Kier molecular flexibility index (Phi) is 2.76. The van der Waals surface area contributed by atoms with Gasteiger partial charge in [-0.25, -0.2) is 4.68 Å². The van der Waals surface area contributed by atoms with E-state index >= 15 is 0 Å². The van der Waals surface area contributed by atoms with Gasteiger partial charge in [-0.15, -0.1) is 0 Å². The molecule has 0 N–H and O–H groups in total. The molecule has 0 radical (unpaired) electrons. The Morgan fingerprint density at radius 3 is 2.85 bits per heavy atom. The molecular formula is C18H20N2. The number of hydrogen-bond acceptors (Lipinski definition) is 1. The summed E-state index contributed by atoms with van der Waals surface area (Å²) in [7, 11) is 0. The van der Waals surface area contributed by atoms with Crippen LogP contribution in [0, 0.1) is 0 Å². The zero-order chi connectivity index (χ0) is 13.5. The molecule has 102 valence electrons. The van der Waals surface area contributed by atoms with Crippen LogP contribution < -0.4 is 0 Å². The maximum absolute atomic E-state index is 4.57. The second-order valence-corrected chi connectivity index (χ2v) is 6.20. The van der Waals surface area contributed by atoms with Gasteiger partial charge in [-0.3, -0.25) is 0 Å². The molecule has 2 aliphatic rings. The van der Waals surface area contributed by atoms with Crippen molar-refractivity contribution in [1.29, 1.82) is 0 Å².